The molecular formula is C13H10Cl2N2O2. The Balaban J connectivity index is 2.25. The molecule has 2 aromatic carbocycles. The van der Waals surface area contributed by atoms with E-state index in [2.05, 4.69) is 5.32 Å². The first-order valence-corrected chi connectivity index (χ1v) is 6.25. The fourth-order valence-corrected chi connectivity index (χ4v) is 2.10. The Kier molecular flexibility index (Phi) is 4.24. The minimum Gasteiger partial charge on any atom is -0.374 e. The number of halogens is 2. The average Bonchev–Trinajstić information content (AvgIpc) is 2.38. The van der Waals surface area contributed by atoms with Crippen LogP contribution in [0.4, 0.5) is 11.4 Å². The fraction of sp³-hybridized carbons (Fsp3) is 0.0769. The number of rotatable bonds is 4. The Hall–Kier alpha value is -1.78. The summed E-state index contributed by atoms with van der Waals surface area (Å²) in [6.45, 7) is 0.365. The van der Waals surface area contributed by atoms with Crippen molar-refractivity contribution in [3.8, 4) is 0 Å². The molecule has 0 aliphatic carbocycles. The molecule has 0 fully saturated rings. The normalized spacial score (nSPS) is 10.2. The van der Waals surface area contributed by atoms with Crippen LogP contribution >= 0.6 is 23.2 Å². The van der Waals surface area contributed by atoms with E-state index in [0.29, 0.717) is 22.3 Å². The third-order valence-electron chi connectivity index (χ3n) is 2.60. The lowest BCUT2D eigenvalue weighted by Crippen LogP contribution is -2.03. The van der Waals surface area contributed by atoms with E-state index < -0.39 is 4.92 Å². The zero-order chi connectivity index (χ0) is 13.8. The lowest BCUT2D eigenvalue weighted by Gasteiger charge is -2.09. The van der Waals surface area contributed by atoms with Gasteiger partial charge in [0.25, 0.3) is 5.69 Å². The smallest absolute Gasteiger partial charge is 0.293 e. The topological polar surface area (TPSA) is 55.2 Å². The van der Waals surface area contributed by atoms with Gasteiger partial charge >= 0.3 is 0 Å². The van der Waals surface area contributed by atoms with Crippen LogP contribution < -0.4 is 5.32 Å². The number of nitro benzene ring substituents is 1. The summed E-state index contributed by atoms with van der Waals surface area (Å²) in [5, 5.41) is 14.8. The summed E-state index contributed by atoms with van der Waals surface area (Å²) in [6.07, 6.45) is 0. The number of nitrogens with one attached hydrogen (secondary N) is 1. The number of hydrogen-bond acceptors (Lipinski definition) is 3. The number of hydrogen-bond donors (Lipinski definition) is 1. The van der Waals surface area contributed by atoms with Gasteiger partial charge in [-0.15, -0.1) is 0 Å². The van der Waals surface area contributed by atoms with Crippen LogP contribution in [0.15, 0.2) is 42.5 Å². The summed E-state index contributed by atoms with van der Waals surface area (Å²) in [6, 6.07) is 11.8. The quantitative estimate of drug-likeness (QED) is 0.667. The SMILES string of the molecule is O=[N+]([O-])c1cccc(Cl)c1NCc1ccccc1Cl. The minimum atomic E-state index is -0.471. The van der Waals surface area contributed by atoms with Crippen LogP contribution in [0, 0.1) is 10.1 Å². The highest BCUT2D eigenvalue weighted by atomic mass is 35.5. The number of nitrogens with zero attached hydrogens (tertiary/aromatic N) is 1. The third-order valence-corrected chi connectivity index (χ3v) is 3.29. The Bertz CT molecular complexity index is 617. The molecule has 98 valence electrons. The predicted octanol–water partition coefficient (Wildman–Crippen LogP) is 4.51. The van der Waals surface area contributed by atoms with Crippen molar-refractivity contribution in [2.45, 2.75) is 6.54 Å². The fourth-order valence-electron chi connectivity index (χ4n) is 1.67. The number of para-hydroxylation sites is 1. The highest BCUT2D eigenvalue weighted by molar-refractivity contribution is 6.33. The van der Waals surface area contributed by atoms with Gasteiger partial charge in [0.15, 0.2) is 0 Å². The molecule has 0 heterocycles. The van der Waals surface area contributed by atoms with Gasteiger partial charge in [0.2, 0.25) is 0 Å². The average molecular weight is 297 g/mol. The number of benzene rings is 2. The molecule has 2 rings (SSSR count). The molecule has 0 atom stereocenters. The molecule has 0 unspecified atom stereocenters. The molecule has 0 saturated carbocycles. The number of anilines is 1. The lowest BCUT2D eigenvalue weighted by atomic mass is 10.2. The minimum absolute atomic E-state index is 0.0560. The molecule has 2 aromatic rings. The van der Waals surface area contributed by atoms with Gasteiger partial charge in [-0.3, -0.25) is 10.1 Å². The maximum absolute atomic E-state index is 10.9. The predicted molar refractivity (Wildman–Crippen MR) is 76.9 cm³/mol. The summed E-state index contributed by atoms with van der Waals surface area (Å²) in [4.78, 5) is 10.5. The third kappa shape index (κ3) is 3.16. The van der Waals surface area contributed by atoms with Crippen LogP contribution in [0.3, 0.4) is 0 Å². The van der Waals surface area contributed by atoms with Gasteiger partial charge in [0.1, 0.15) is 5.69 Å². The van der Waals surface area contributed by atoms with E-state index in [9.17, 15) is 10.1 Å². The second kappa shape index (κ2) is 5.91. The van der Waals surface area contributed by atoms with Gasteiger partial charge < -0.3 is 5.32 Å². The standard InChI is InChI=1S/C13H10Cl2N2O2/c14-10-5-2-1-4-9(10)8-16-13-11(15)6-3-7-12(13)17(18)19/h1-7,16H,8H2. The Morgan fingerprint density at radius 2 is 1.74 bits per heavy atom. The molecule has 0 aliphatic rings. The van der Waals surface area contributed by atoms with Crippen LogP contribution in [-0.4, -0.2) is 4.92 Å². The second-order valence-corrected chi connectivity index (χ2v) is 4.65. The van der Waals surface area contributed by atoms with E-state index in [1.165, 1.54) is 6.07 Å². The molecule has 0 amide bonds. The summed E-state index contributed by atoms with van der Waals surface area (Å²) < 4.78 is 0. The first kappa shape index (κ1) is 13.6. The molecule has 0 aliphatic heterocycles. The highest BCUT2D eigenvalue weighted by Crippen LogP contribution is 2.32. The van der Waals surface area contributed by atoms with Gasteiger partial charge in [-0.1, -0.05) is 47.5 Å². The maximum atomic E-state index is 10.9. The maximum Gasteiger partial charge on any atom is 0.293 e. The molecule has 19 heavy (non-hydrogen) atoms. The van der Waals surface area contributed by atoms with Crippen LogP contribution in [0.2, 0.25) is 10.0 Å². The highest BCUT2D eigenvalue weighted by Gasteiger charge is 2.16. The van der Waals surface area contributed by atoms with Crippen molar-refractivity contribution >= 4 is 34.6 Å². The van der Waals surface area contributed by atoms with Crippen LogP contribution in [-0.2, 0) is 6.54 Å². The van der Waals surface area contributed by atoms with Gasteiger partial charge in [0.05, 0.1) is 9.95 Å². The van der Waals surface area contributed by atoms with Crippen LogP contribution in [0.5, 0.6) is 0 Å². The van der Waals surface area contributed by atoms with Gasteiger partial charge in [-0.2, -0.15) is 0 Å². The Morgan fingerprint density at radius 1 is 1.05 bits per heavy atom. The largest absolute Gasteiger partial charge is 0.374 e. The van der Waals surface area contributed by atoms with E-state index in [1.807, 2.05) is 18.2 Å². The summed E-state index contributed by atoms with van der Waals surface area (Å²) >= 11 is 12.0. The molecule has 0 spiro atoms. The second-order valence-electron chi connectivity index (χ2n) is 3.84. The van der Waals surface area contributed by atoms with Gasteiger partial charge in [-0.05, 0) is 17.7 Å². The molecule has 0 aromatic heterocycles. The molecule has 0 saturated heterocycles. The van der Waals surface area contributed by atoms with Crippen LogP contribution in [0.1, 0.15) is 5.56 Å². The van der Waals surface area contributed by atoms with Crippen molar-refractivity contribution in [3.63, 3.8) is 0 Å². The Labute approximate surface area is 120 Å². The lowest BCUT2D eigenvalue weighted by molar-refractivity contribution is -0.383. The Morgan fingerprint density at radius 3 is 2.42 bits per heavy atom. The molecule has 1 N–H and O–H groups in total. The molecule has 0 radical (unpaired) electrons. The first-order valence-electron chi connectivity index (χ1n) is 5.50. The van der Waals surface area contributed by atoms with Crippen molar-refractivity contribution in [1.29, 1.82) is 0 Å². The van der Waals surface area contributed by atoms with Crippen molar-refractivity contribution in [3.05, 3.63) is 68.2 Å². The van der Waals surface area contributed by atoms with Gasteiger partial charge in [-0.25, -0.2) is 0 Å². The van der Waals surface area contributed by atoms with E-state index >= 15 is 0 Å². The van der Waals surface area contributed by atoms with Crippen LogP contribution in [0.25, 0.3) is 0 Å². The summed E-state index contributed by atoms with van der Waals surface area (Å²) in [5.41, 5.74) is 1.09. The zero-order valence-electron chi connectivity index (χ0n) is 9.77. The van der Waals surface area contributed by atoms with Gasteiger partial charge in [0, 0.05) is 17.6 Å². The summed E-state index contributed by atoms with van der Waals surface area (Å²) in [7, 11) is 0. The van der Waals surface area contributed by atoms with Crippen molar-refractivity contribution in [2.75, 3.05) is 5.32 Å². The molecule has 0 bridgehead atoms. The van der Waals surface area contributed by atoms with E-state index in [4.69, 9.17) is 23.2 Å². The van der Waals surface area contributed by atoms with Crippen molar-refractivity contribution < 1.29 is 4.92 Å². The molecule has 6 heteroatoms. The monoisotopic (exact) mass is 296 g/mol. The van der Waals surface area contributed by atoms with E-state index in [1.54, 1.807) is 18.2 Å². The van der Waals surface area contributed by atoms with E-state index in [0.717, 1.165) is 5.56 Å². The van der Waals surface area contributed by atoms with Crippen molar-refractivity contribution in [1.82, 2.24) is 0 Å². The number of nitro groups is 1. The molecule has 4 nitrogen and oxygen atoms in total. The zero-order valence-corrected chi connectivity index (χ0v) is 11.3. The first-order chi connectivity index (χ1) is 9.09. The van der Waals surface area contributed by atoms with E-state index in [-0.39, 0.29) is 5.69 Å². The van der Waals surface area contributed by atoms with Crippen molar-refractivity contribution in [2.24, 2.45) is 0 Å². The molecular weight excluding hydrogens is 287 g/mol. The summed E-state index contributed by atoms with van der Waals surface area (Å²) in [5.74, 6) is 0.